The minimum absolute atomic E-state index is 0.0336. The number of aliphatic hydroxyl groups excluding tert-OH is 1. The van der Waals surface area contributed by atoms with Gasteiger partial charge in [-0.05, 0) is 79.0 Å². The molecule has 0 bridgehead atoms. The Labute approximate surface area is 368 Å². The topological polar surface area (TPSA) is 215 Å². The lowest BCUT2D eigenvalue weighted by Crippen LogP contribution is -2.54. The van der Waals surface area contributed by atoms with Gasteiger partial charge in [0, 0.05) is 42.4 Å². The van der Waals surface area contributed by atoms with Crippen molar-refractivity contribution in [1.82, 2.24) is 24.3 Å². The van der Waals surface area contributed by atoms with Gasteiger partial charge in [0.15, 0.2) is 0 Å². The first-order valence-corrected chi connectivity index (χ1v) is 21.6. The summed E-state index contributed by atoms with van der Waals surface area (Å²) >= 11 is 0. The number of aliphatic hydroxyl groups is 1. The van der Waals surface area contributed by atoms with E-state index in [1.165, 1.54) is 0 Å². The van der Waals surface area contributed by atoms with Gasteiger partial charge in [-0.1, -0.05) is 78.9 Å². The van der Waals surface area contributed by atoms with Crippen molar-refractivity contribution >= 4 is 46.3 Å². The molecule has 6 aromatic rings. The maximum Gasteiger partial charge on any atom is 0.264 e. The molecular formula is C49H48N8O7. The number of nitrogens with one attached hydrogen (secondary N) is 3. The number of hydrogen-bond donors (Lipinski definition) is 5. The molecule has 9 rings (SSSR count). The van der Waals surface area contributed by atoms with E-state index >= 15 is 0 Å². The molecule has 0 radical (unpaired) electrons. The number of amides is 5. The number of nitrogens with zero attached hydrogens (tertiary/aromatic N) is 4. The Morgan fingerprint density at radius 3 is 2.31 bits per heavy atom. The third kappa shape index (κ3) is 7.99. The van der Waals surface area contributed by atoms with Gasteiger partial charge in [0.1, 0.15) is 17.2 Å². The number of anilines is 1. The molecule has 1 unspecified atom stereocenters. The average molecular weight is 861 g/mol. The van der Waals surface area contributed by atoms with Gasteiger partial charge in [0.2, 0.25) is 17.7 Å². The molecule has 2 aliphatic heterocycles. The summed E-state index contributed by atoms with van der Waals surface area (Å²) in [7, 11) is 0. The smallest absolute Gasteiger partial charge is 0.264 e. The summed E-state index contributed by atoms with van der Waals surface area (Å²) in [4.78, 5) is 69.7. The van der Waals surface area contributed by atoms with E-state index in [2.05, 4.69) is 39.5 Å². The summed E-state index contributed by atoms with van der Waals surface area (Å²) in [6.07, 6.45) is 4.79. The van der Waals surface area contributed by atoms with E-state index in [0.29, 0.717) is 60.3 Å². The highest BCUT2D eigenvalue weighted by Crippen LogP contribution is 2.40. The highest BCUT2D eigenvalue weighted by molar-refractivity contribution is 6.25. The second-order valence-corrected chi connectivity index (χ2v) is 16.5. The van der Waals surface area contributed by atoms with Gasteiger partial charge in [-0.3, -0.25) is 39.6 Å². The van der Waals surface area contributed by atoms with Crippen LogP contribution in [0, 0.1) is 5.41 Å². The minimum atomic E-state index is -1.06. The Morgan fingerprint density at radius 2 is 1.59 bits per heavy atom. The van der Waals surface area contributed by atoms with Gasteiger partial charge in [0.25, 0.3) is 11.8 Å². The van der Waals surface area contributed by atoms with E-state index < -0.39 is 35.6 Å². The first-order chi connectivity index (χ1) is 31.1. The quantitative estimate of drug-likeness (QED) is 0.0705. The van der Waals surface area contributed by atoms with Crippen molar-refractivity contribution in [2.24, 2.45) is 5.73 Å². The molecule has 1 atom stereocenters. The first kappa shape index (κ1) is 42.1. The van der Waals surface area contributed by atoms with Crippen molar-refractivity contribution in [3.63, 3.8) is 0 Å². The van der Waals surface area contributed by atoms with Crippen molar-refractivity contribution in [3.05, 3.63) is 137 Å². The molecule has 15 heteroatoms. The zero-order valence-corrected chi connectivity index (χ0v) is 35.1. The number of hydrogen-bond acceptors (Lipinski definition) is 10. The predicted octanol–water partition coefficient (Wildman–Crippen LogP) is 5.35. The number of primary amides is 1. The van der Waals surface area contributed by atoms with E-state index in [1.807, 2.05) is 53.1 Å². The molecule has 1 saturated heterocycles. The first-order valence-electron chi connectivity index (χ1n) is 21.6. The summed E-state index contributed by atoms with van der Waals surface area (Å²) in [5.74, 6) is -2.85. The molecule has 1 aliphatic carbocycles. The lowest BCUT2D eigenvalue weighted by molar-refractivity contribution is -0.136. The molecule has 15 nitrogen and oxygen atoms in total. The summed E-state index contributed by atoms with van der Waals surface area (Å²) in [5, 5.41) is 26.1. The van der Waals surface area contributed by atoms with Crippen molar-refractivity contribution < 1.29 is 33.8 Å². The number of imide groups is 2. The second kappa shape index (κ2) is 17.9. The lowest BCUT2D eigenvalue weighted by Gasteiger charge is -2.27. The van der Waals surface area contributed by atoms with Gasteiger partial charge in [-0.25, -0.2) is 4.98 Å². The molecule has 5 amide bonds. The van der Waals surface area contributed by atoms with Crippen LogP contribution in [-0.2, 0) is 27.3 Å². The molecule has 2 aromatic heterocycles. The maximum absolute atomic E-state index is 13.5. The van der Waals surface area contributed by atoms with Crippen LogP contribution in [0.2, 0.25) is 0 Å². The number of nitrogens with two attached hydrogens (primary N) is 1. The number of ether oxygens (including phenoxy) is 1. The van der Waals surface area contributed by atoms with Crippen LogP contribution >= 0.6 is 0 Å². The molecule has 326 valence electrons. The predicted molar refractivity (Wildman–Crippen MR) is 238 cm³/mol. The van der Waals surface area contributed by atoms with Crippen molar-refractivity contribution in [2.45, 2.75) is 69.7 Å². The number of benzene rings is 4. The van der Waals surface area contributed by atoms with Gasteiger partial charge < -0.3 is 30.0 Å². The van der Waals surface area contributed by atoms with Crippen LogP contribution in [0.4, 0.5) is 5.69 Å². The molecule has 2 fully saturated rings. The van der Waals surface area contributed by atoms with Crippen molar-refractivity contribution in [3.8, 4) is 22.4 Å². The third-order valence-corrected chi connectivity index (χ3v) is 12.5. The van der Waals surface area contributed by atoms with Crippen LogP contribution < -0.4 is 21.9 Å². The number of carbonyl (C=O) groups is 5. The van der Waals surface area contributed by atoms with Crippen LogP contribution in [0.5, 0.6) is 0 Å². The SMILES string of the molecule is N=c1c2c(-c3ccccc3)c(-c3ccccc3)n(Cc3ccc(C(N)=O)c(CCOCCNc4cccc5c4C(=O)N(C4CCC(=O)NC4=O)C5=O)c3)c2ncn1[C@H]1CC[C@H](O)CC1. The Hall–Kier alpha value is -7.23. The van der Waals surface area contributed by atoms with Crippen LogP contribution in [0.25, 0.3) is 33.4 Å². The molecular weight excluding hydrogens is 813 g/mol. The van der Waals surface area contributed by atoms with E-state index in [1.54, 1.807) is 30.6 Å². The fourth-order valence-corrected chi connectivity index (χ4v) is 9.40. The summed E-state index contributed by atoms with van der Waals surface area (Å²) in [5.41, 5.74) is 13.4. The summed E-state index contributed by atoms with van der Waals surface area (Å²) in [6.45, 7) is 1.15. The molecule has 4 heterocycles. The van der Waals surface area contributed by atoms with Gasteiger partial charge in [-0.15, -0.1) is 0 Å². The standard InChI is InChI=1S/C49H48N8O7/c50-44-42-40(30-8-3-1-4-9-30)43(31-10-5-2-6-11-31)55(46(42)53-28-56(44)33-15-17-34(58)18-16-33)27-29-14-19-35(45(51)60)32(26-29)22-24-64-25-23-52-37-13-7-12-36-41(37)49(63)57(48(36)62)38-20-21-39(59)54-47(38)61/h1-14,19,26,28,33-34,38,50,52,58H,15-18,20-25,27H2,(H2,51,60)(H,54,59,61)/t33-,34-,38?. The zero-order valence-electron chi connectivity index (χ0n) is 35.1. The number of aromatic nitrogens is 3. The zero-order chi connectivity index (χ0) is 44.5. The Morgan fingerprint density at radius 1 is 0.859 bits per heavy atom. The highest BCUT2D eigenvalue weighted by Gasteiger charge is 2.45. The molecule has 64 heavy (non-hydrogen) atoms. The van der Waals surface area contributed by atoms with Crippen LogP contribution in [0.3, 0.4) is 0 Å². The molecule has 0 spiro atoms. The van der Waals surface area contributed by atoms with E-state index in [9.17, 15) is 34.5 Å². The molecule has 6 N–H and O–H groups in total. The number of fused-ring (bicyclic) bond motifs is 2. The molecule has 4 aromatic carbocycles. The third-order valence-electron chi connectivity index (χ3n) is 12.5. The van der Waals surface area contributed by atoms with Crippen molar-refractivity contribution in [1.29, 1.82) is 5.41 Å². The molecule has 1 saturated carbocycles. The van der Waals surface area contributed by atoms with E-state index in [-0.39, 0.29) is 49.3 Å². The summed E-state index contributed by atoms with van der Waals surface area (Å²) in [6, 6.07) is 29.6. The minimum Gasteiger partial charge on any atom is -0.393 e. The number of carbonyl (C=O) groups excluding carboxylic acids is 5. The van der Waals surface area contributed by atoms with Crippen LogP contribution in [0.1, 0.15) is 86.8 Å². The maximum atomic E-state index is 13.5. The Kier molecular flexibility index (Phi) is 11.7. The van der Waals surface area contributed by atoms with Gasteiger partial charge in [0.05, 0.1) is 47.9 Å². The number of piperidine rings is 1. The van der Waals surface area contributed by atoms with Gasteiger partial charge >= 0.3 is 0 Å². The summed E-state index contributed by atoms with van der Waals surface area (Å²) < 4.78 is 10.1. The monoisotopic (exact) mass is 860 g/mol. The second-order valence-electron chi connectivity index (χ2n) is 16.5. The van der Waals surface area contributed by atoms with Gasteiger partial charge in [-0.2, -0.15) is 0 Å². The highest BCUT2D eigenvalue weighted by atomic mass is 16.5. The van der Waals surface area contributed by atoms with Crippen LogP contribution in [0.15, 0.2) is 103 Å². The number of rotatable bonds is 14. The van der Waals surface area contributed by atoms with E-state index in [0.717, 1.165) is 51.1 Å². The normalized spacial score (nSPS) is 18.6. The average Bonchev–Trinajstić information content (AvgIpc) is 3.76. The van der Waals surface area contributed by atoms with E-state index in [4.69, 9.17) is 15.5 Å². The lowest BCUT2D eigenvalue weighted by atomic mass is 9.93. The molecule has 3 aliphatic rings. The fraction of sp³-hybridized carbons (Fsp3) is 0.286. The fourth-order valence-electron chi connectivity index (χ4n) is 9.40. The Balaban J connectivity index is 0.952. The Bertz CT molecular complexity index is 2870. The largest absolute Gasteiger partial charge is 0.393 e. The van der Waals surface area contributed by atoms with Crippen molar-refractivity contribution in [2.75, 3.05) is 25.1 Å². The van der Waals surface area contributed by atoms with Crippen LogP contribution in [-0.4, -0.2) is 85.6 Å².